The van der Waals surface area contributed by atoms with Gasteiger partial charge < -0.3 is 9.16 Å². The number of carbonyl (C=O) groups excluding carboxylic acids is 2. The number of benzene rings is 2. The number of hydrogen-bond donors (Lipinski definition) is 0. The second kappa shape index (κ2) is 8.09. The molecule has 0 heterocycles. The quantitative estimate of drug-likeness (QED) is 0.544. The van der Waals surface area contributed by atoms with E-state index in [2.05, 4.69) is 45.0 Å². The molecule has 0 aliphatic heterocycles. The molecule has 1 atom stereocenters. The smallest absolute Gasteiger partial charge is 0.318 e. The molecular formula is C24H28O4Si. The van der Waals surface area contributed by atoms with Crippen molar-refractivity contribution in [3.05, 3.63) is 72.8 Å². The highest BCUT2D eigenvalue weighted by molar-refractivity contribution is 6.99. The van der Waals surface area contributed by atoms with Gasteiger partial charge in [0.05, 0.1) is 13.7 Å². The van der Waals surface area contributed by atoms with Crippen molar-refractivity contribution in [2.75, 3.05) is 13.7 Å². The summed E-state index contributed by atoms with van der Waals surface area (Å²) in [7, 11) is -1.45. The first-order valence-electron chi connectivity index (χ1n) is 9.81. The van der Waals surface area contributed by atoms with Crippen LogP contribution in [0.4, 0.5) is 0 Å². The zero-order chi connectivity index (χ0) is 21.1. The van der Waals surface area contributed by atoms with Crippen molar-refractivity contribution in [2.24, 2.45) is 5.41 Å². The first kappa shape index (κ1) is 21.2. The van der Waals surface area contributed by atoms with Crippen LogP contribution in [0.25, 0.3) is 0 Å². The van der Waals surface area contributed by atoms with Crippen LogP contribution >= 0.6 is 0 Å². The van der Waals surface area contributed by atoms with Crippen LogP contribution in [0.2, 0.25) is 5.04 Å². The van der Waals surface area contributed by atoms with Crippen molar-refractivity contribution in [3.63, 3.8) is 0 Å². The summed E-state index contributed by atoms with van der Waals surface area (Å²) >= 11 is 0. The normalized spacial score (nSPS) is 19.4. The lowest BCUT2D eigenvalue weighted by Gasteiger charge is -2.44. The van der Waals surface area contributed by atoms with E-state index in [-0.39, 0.29) is 23.8 Å². The molecule has 1 aliphatic rings. The molecule has 4 nitrogen and oxygen atoms in total. The zero-order valence-corrected chi connectivity index (χ0v) is 18.5. The molecule has 152 valence electrons. The standard InChI is InChI=1S/C24H28O4Si/c1-23(2,3)29(20-11-7-5-8-12-20,21-13-9-6-10-14-21)28-18-24(22(26)27-4)16-15-19(25)17-24/h5-16H,17-18H2,1-4H3/t24-/m0/s1. The van der Waals surface area contributed by atoms with Gasteiger partial charge in [-0.1, -0.05) is 87.5 Å². The summed E-state index contributed by atoms with van der Waals surface area (Å²) in [6.07, 6.45) is 3.20. The van der Waals surface area contributed by atoms with Gasteiger partial charge >= 0.3 is 5.97 Å². The van der Waals surface area contributed by atoms with Gasteiger partial charge in [0.15, 0.2) is 5.78 Å². The molecule has 2 aromatic rings. The minimum Gasteiger partial charge on any atom is -0.468 e. The second-order valence-corrected chi connectivity index (χ2v) is 12.9. The van der Waals surface area contributed by atoms with E-state index >= 15 is 0 Å². The van der Waals surface area contributed by atoms with E-state index in [1.54, 1.807) is 6.08 Å². The fourth-order valence-electron chi connectivity index (χ4n) is 4.18. The summed E-state index contributed by atoms with van der Waals surface area (Å²) in [5.74, 6) is -0.515. The number of ketones is 1. The minimum absolute atomic E-state index is 0.0812. The molecule has 0 radical (unpaired) electrons. The summed E-state index contributed by atoms with van der Waals surface area (Å²) in [6.45, 7) is 6.65. The lowest BCUT2D eigenvalue weighted by molar-refractivity contribution is -0.152. The number of hydrogen-bond acceptors (Lipinski definition) is 4. The molecule has 0 aromatic heterocycles. The number of ether oxygens (including phenoxy) is 1. The van der Waals surface area contributed by atoms with Crippen molar-refractivity contribution >= 4 is 30.4 Å². The molecule has 29 heavy (non-hydrogen) atoms. The SMILES string of the molecule is COC(=O)[C@@]1(CO[Si](c2ccccc2)(c2ccccc2)C(C)(C)C)C=CC(=O)C1. The van der Waals surface area contributed by atoms with Gasteiger partial charge in [0.25, 0.3) is 8.32 Å². The van der Waals surface area contributed by atoms with Gasteiger partial charge in [0, 0.05) is 6.42 Å². The molecule has 0 amide bonds. The van der Waals surface area contributed by atoms with Crippen molar-refractivity contribution in [2.45, 2.75) is 32.2 Å². The molecule has 0 spiro atoms. The largest absolute Gasteiger partial charge is 0.468 e. The Morgan fingerprint density at radius 1 is 1.00 bits per heavy atom. The summed E-state index contributed by atoms with van der Waals surface area (Å²) in [4.78, 5) is 24.6. The summed E-state index contributed by atoms with van der Waals surface area (Å²) in [5.41, 5.74) is -1.07. The molecule has 0 saturated carbocycles. The van der Waals surface area contributed by atoms with Crippen LogP contribution in [0.15, 0.2) is 72.8 Å². The van der Waals surface area contributed by atoms with Crippen LogP contribution in [0.3, 0.4) is 0 Å². The van der Waals surface area contributed by atoms with E-state index < -0.39 is 19.7 Å². The maximum Gasteiger partial charge on any atom is 0.318 e. The van der Waals surface area contributed by atoms with Crippen LogP contribution in [-0.4, -0.2) is 33.8 Å². The van der Waals surface area contributed by atoms with Gasteiger partial charge in [-0.2, -0.15) is 0 Å². The number of carbonyl (C=O) groups is 2. The van der Waals surface area contributed by atoms with Crippen LogP contribution in [0.5, 0.6) is 0 Å². The Morgan fingerprint density at radius 3 is 1.90 bits per heavy atom. The Kier molecular flexibility index (Phi) is 5.92. The summed E-state index contributed by atoms with van der Waals surface area (Å²) in [6, 6.07) is 20.5. The number of methoxy groups -OCH3 is 1. The van der Waals surface area contributed by atoms with Gasteiger partial charge in [-0.05, 0) is 21.5 Å². The van der Waals surface area contributed by atoms with E-state index in [9.17, 15) is 9.59 Å². The van der Waals surface area contributed by atoms with Crippen molar-refractivity contribution in [1.29, 1.82) is 0 Å². The third-order valence-corrected chi connectivity index (χ3v) is 10.6. The Bertz CT molecular complexity index is 860. The van der Waals surface area contributed by atoms with Crippen molar-refractivity contribution in [3.8, 4) is 0 Å². The first-order valence-corrected chi connectivity index (χ1v) is 11.7. The van der Waals surface area contributed by atoms with Crippen molar-refractivity contribution < 1.29 is 18.8 Å². The highest BCUT2D eigenvalue weighted by Gasteiger charge is 2.53. The van der Waals surface area contributed by atoms with Crippen LogP contribution < -0.4 is 10.4 Å². The summed E-state index contributed by atoms with van der Waals surface area (Å²) in [5, 5.41) is 2.05. The second-order valence-electron chi connectivity index (χ2n) is 8.58. The highest BCUT2D eigenvalue weighted by atomic mass is 28.4. The molecule has 0 fully saturated rings. The number of rotatable bonds is 6. The monoisotopic (exact) mass is 408 g/mol. The molecule has 2 aromatic carbocycles. The number of esters is 1. The Labute approximate surface area is 173 Å². The van der Waals surface area contributed by atoms with Gasteiger partial charge in [0.2, 0.25) is 0 Å². The molecule has 0 unspecified atom stereocenters. The lowest BCUT2D eigenvalue weighted by atomic mass is 9.89. The Hall–Kier alpha value is -2.50. The highest BCUT2D eigenvalue weighted by Crippen LogP contribution is 2.40. The predicted octanol–water partition coefficient (Wildman–Crippen LogP) is 3.25. The minimum atomic E-state index is -2.80. The van der Waals surface area contributed by atoms with Crippen LogP contribution in [0, 0.1) is 5.41 Å². The van der Waals surface area contributed by atoms with E-state index in [0.29, 0.717) is 0 Å². The van der Waals surface area contributed by atoms with E-state index in [0.717, 1.165) is 10.4 Å². The molecule has 0 bridgehead atoms. The maximum absolute atomic E-state index is 12.6. The van der Waals surface area contributed by atoms with Crippen molar-refractivity contribution in [1.82, 2.24) is 0 Å². The van der Waals surface area contributed by atoms with Crippen LogP contribution in [0.1, 0.15) is 27.2 Å². The molecular weight excluding hydrogens is 380 g/mol. The van der Waals surface area contributed by atoms with E-state index in [1.165, 1.54) is 13.2 Å². The number of allylic oxidation sites excluding steroid dienone is 1. The van der Waals surface area contributed by atoms with Gasteiger partial charge in [-0.25, -0.2) is 0 Å². The molecule has 0 N–H and O–H groups in total. The van der Waals surface area contributed by atoms with E-state index in [4.69, 9.17) is 9.16 Å². The molecule has 3 rings (SSSR count). The van der Waals surface area contributed by atoms with Gasteiger partial charge in [-0.3, -0.25) is 9.59 Å². The molecule has 0 saturated heterocycles. The molecule has 5 heteroatoms. The van der Waals surface area contributed by atoms with Gasteiger partial charge in [0.1, 0.15) is 5.41 Å². The third kappa shape index (κ3) is 3.85. The fourth-order valence-corrected chi connectivity index (χ4v) is 8.81. The Morgan fingerprint density at radius 2 is 1.52 bits per heavy atom. The molecule has 1 aliphatic carbocycles. The van der Waals surface area contributed by atoms with Gasteiger partial charge in [-0.15, -0.1) is 0 Å². The first-order chi connectivity index (χ1) is 13.7. The average molecular weight is 409 g/mol. The fraction of sp³-hybridized carbons (Fsp3) is 0.333. The van der Waals surface area contributed by atoms with E-state index in [1.807, 2.05) is 36.4 Å². The maximum atomic E-state index is 12.6. The summed E-state index contributed by atoms with van der Waals surface area (Å²) < 4.78 is 11.9. The predicted molar refractivity (Wildman–Crippen MR) is 117 cm³/mol. The average Bonchev–Trinajstić information content (AvgIpc) is 3.10. The topological polar surface area (TPSA) is 52.6 Å². The lowest BCUT2D eigenvalue weighted by Crippen LogP contribution is -2.67. The third-order valence-electron chi connectivity index (χ3n) is 5.63. The van der Waals surface area contributed by atoms with Crippen LogP contribution in [-0.2, 0) is 18.8 Å². The zero-order valence-electron chi connectivity index (χ0n) is 17.5. The Balaban J connectivity index is 2.12.